The van der Waals surface area contributed by atoms with Gasteiger partial charge in [0.2, 0.25) is 11.8 Å². The lowest BCUT2D eigenvalue weighted by molar-refractivity contribution is 0.0705. The highest BCUT2D eigenvalue weighted by atomic mass is 16.5. The largest absolute Gasteiger partial charge is 0.497 e. The maximum absolute atomic E-state index is 12.5. The third-order valence-corrected chi connectivity index (χ3v) is 3.99. The molecule has 0 spiro atoms. The third kappa shape index (κ3) is 2.95. The van der Waals surface area contributed by atoms with Gasteiger partial charge in [-0.1, -0.05) is 6.07 Å². The van der Waals surface area contributed by atoms with Gasteiger partial charge < -0.3 is 14.1 Å². The molecular weight excluding hydrogens is 282 g/mol. The second-order valence-electron chi connectivity index (χ2n) is 5.46. The molecule has 0 bridgehead atoms. The Morgan fingerprint density at radius 3 is 2.73 bits per heavy atom. The van der Waals surface area contributed by atoms with E-state index in [1.54, 1.807) is 20.1 Å². The zero-order chi connectivity index (χ0) is 15.5. The Hall–Kier alpha value is -2.37. The Morgan fingerprint density at radius 2 is 2.09 bits per heavy atom. The predicted octanol–water partition coefficient (Wildman–Crippen LogP) is 2.41. The van der Waals surface area contributed by atoms with Crippen LogP contribution in [0.4, 0.5) is 0 Å². The maximum Gasteiger partial charge on any atom is 0.253 e. The van der Waals surface area contributed by atoms with Crippen LogP contribution in [0.5, 0.6) is 5.75 Å². The van der Waals surface area contributed by atoms with Crippen LogP contribution in [0.1, 0.15) is 40.9 Å². The molecule has 116 valence electrons. The van der Waals surface area contributed by atoms with Crippen LogP contribution < -0.4 is 4.74 Å². The van der Waals surface area contributed by atoms with Crippen LogP contribution in [-0.4, -0.2) is 41.2 Å². The fourth-order valence-corrected chi connectivity index (χ4v) is 2.75. The summed E-state index contributed by atoms with van der Waals surface area (Å²) >= 11 is 0. The van der Waals surface area contributed by atoms with Crippen molar-refractivity contribution in [2.45, 2.75) is 25.7 Å². The number of hydrogen-bond acceptors (Lipinski definition) is 5. The van der Waals surface area contributed by atoms with E-state index in [1.807, 2.05) is 23.1 Å². The molecule has 0 atom stereocenters. The summed E-state index contributed by atoms with van der Waals surface area (Å²) in [5.41, 5.74) is 0.659. The highest BCUT2D eigenvalue weighted by molar-refractivity contribution is 5.94. The first-order valence-electron chi connectivity index (χ1n) is 7.40. The number of carbonyl (C=O) groups is 1. The highest BCUT2D eigenvalue weighted by Gasteiger charge is 2.27. The van der Waals surface area contributed by atoms with Crippen LogP contribution >= 0.6 is 0 Å². The molecule has 6 heteroatoms. The summed E-state index contributed by atoms with van der Waals surface area (Å²) in [4.78, 5) is 14.4. The molecule has 6 nitrogen and oxygen atoms in total. The molecular formula is C16H19N3O3. The number of nitrogens with zero attached hydrogens (tertiary/aromatic N) is 3. The number of hydrogen-bond donors (Lipinski definition) is 0. The van der Waals surface area contributed by atoms with Gasteiger partial charge in [0.05, 0.1) is 7.11 Å². The molecule has 22 heavy (non-hydrogen) atoms. The van der Waals surface area contributed by atoms with Gasteiger partial charge >= 0.3 is 0 Å². The van der Waals surface area contributed by atoms with Crippen LogP contribution in [0.3, 0.4) is 0 Å². The summed E-state index contributed by atoms with van der Waals surface area (Å²) < 4.78 is 10.7. The molecule has 0 radical (unpaired) electrons. The van der Waals surface area contributed by atoms with E-state index in [0.29, 0.717) is 36.2 Å². The number of rotatable bonds is 3. The molecule has 0 saturated carbocycles. The summed E-state index contributed by atoms with van der Waals surface area (Å²) in [6, 6.07) is 7.26. The van der Waals surface area contributed by atoms with Gasteiger partial charge in [-0.3, -0.25) is 4.79 Å². The summed E-state index contributed by atoms with van der Waals surface area (Å²) in [6.07, 6.45) is 1.69. The Kier molecular flexibility index (Phi) is 4.09. The maximum atomic E-state index is 12.5. The molecule has 1 aromatic carbocycles. The quantitative estimate of drug-likeness (QED) is 0.870. The van der Waals surface area contributed by atoms with E-state index in [9.17, 15) is 4.79 Å². The van der Waals surface area contributed by atoms with Crippen molar-refractivity contribution in [3.63, 3.8) is 0 Å². The van der Waals surface area contributed by atoms with Crippen molar-refractivity contribution >= 4 is 5.91 Å². The van der Waals surface area contributed by atoms with Crippen molar-refractivity contribution in [1.29, 1.82) is 0 Å². The summed E-state index contributed by atoms with van der Waals surface area (Å²) in [7, 11) is 1.60. The number of ether oxygens (including phenoxy) is 1. The molecule has 1 aromatic heterocycles. The minimum absolute atomic E-state index is 0.0408. The van der Waals surface area contributed by atoms with Gasteiger partial charge in [-0.15, -0.1) is 10.2 Å². The summed E-state index contributed by atoms with van der Waals surface area (Å²) in [5.74, 6) is 2.26. The molecule has 3 rings (SSSR count). The standard InChI is InChI=1S/C16H19N3O3/c1-11-17-18-15(22-11)12-6-8-19(9-7-12)16(20)13-4-3-5-14(10-13)21-2/h3-5,10,12H,6-9H2,1-2H3. The van der Waals surface area contributed by atoms with Crippen molar-refractivity contribution in [2.75, 3.05) is 20.2 Å². The van der Waals surface area contributed by atoms with E-state index in [-0.39, 0.29) is 11.8 Å². The molecule has 1 aliphatic heterocycles. The smallest absolute Gasteiger partial charge is 0.253 e. The van der Waals surface area contributed by atoms with E-state index in [2.05, 4.69) is 10.2 Å². The highest BCUT2D eigenvalue weighted by Crippen LogP contribution is 2.28. The normalized spacial score (nSPS) is 15.8. The number of benzene rings is 1. The fourth-order valence-electron chi connectivity index (χ4n) is 2.75. The van der Waals surface area contributed by atoms with E-state index >= 15 is 0 Å². The van der Waals surface area contributed by atoms with E-state index in [1.165, 1.54) is 0 Å². The van der Waals surface area contributed by atoms with Gasteiger partial charge in [0.15, 0.2) is 0 Å². The molecule has 1 saturated heterocycles. The van der Waals surface area contributed by atoms with Gasteiger partial charge in [-0.2, -0.15) is 0 Å². The number of methoxy groups -OCH3 is 1. The lowest BCUT2D eigenvalue weighted by Gasteiger charge is -2.30. The Morgan fingerprint density at radius 1 is 1.32 bits per heavy atom. The van der Waals surface area contributed by atoms with Crippen LogP contribution in [0.2, 0.25) is 0 Å². The van der Waals surface area contributed by atoms with Crippen molar-refractivity contribution in [1.82, 2.24) is 15.1 Å². The summed E-state index contributed by atoms with van der Waals surface area (Å²) in [6.45, 7) is 3.18. The van der Waals surface area contributed by atoms with Gasteiger partial charge in [0.1, 0.15) is 5.75 Å². The van der Waals surface area contributed by atoms with Crippen molar-refractivity contribution in [3.8, 4) is 5.75 Å². The van der Waals surface area contributed by atoms with Crippen molar-refractivity contribution in [3.05, 3.63) is 41.6 Å². The van der Waals surface area contributed by atoms with Gasteiger partial charge in [0, 0.05) is 31.5 Å². The first kappa shape index (κ1) is 14.6. The van der Waals surface area contributed by atoms with Gasteiger partial charge in [-0.25, -0.2) is 0 Å². The average Bonchev–Trinajstić information content (AvgIpc) is 3.01. The number of likely N-dealkylation sites (tertiary alicyclic amines) is 1. The molecule has 0 aliphatic carbocycles. The average molecular weight is 301 g/mol. The number of carbonyl (C=O) groups excluding carboxylic acids is 1. The summed E-state index contributed by atoms with van der Waals surface area (Å²) in [5, 5.41) is 7.96. The molecule has 1 fully saturated rings. The molecule has 0 N–H and O–H groups in total. The minimum Gasteiger partial charge on any atom is -0.497 e. The lowest BCUT2D eigenvalue weighted by Crippen LogP contribution is -2.38. The zero-order valence-corrected chi connectivity index (χ0v) is 12.8. The Bertz CT molecular complexity index is 660. The SMILES string of the molecule is COc1cccc(C(=O)N2CCC(c3nnc(C)o3)CC2)c1. The van der Waals surface area contributed by atoms with Crippen LogP contribution in [-0.2, 0) is 0 Å². The monoisotopic (exact) mass is 301 g/mol. The van der Waals surface area contributed by atoms with Gasteiger partial charge in [0.25, 0.3) is 5.91 Å². The zero-order valence-electron chi connectivity index (χ0n) is 12.8. The van der Waals surface area contributed by atoms with Crippen molar-refractivity contribution < 1.29 is 13.9 Å². The first-order valence-corrected chi connectivity index (χ1v) is 7.40. The molecule has 1 aliphatic rings. The third-order valence-electron chi connectivity index (χ3n) is 3.99. The lowest BCUT2D eigenvalue weighted by atomic mass is 9.96. The molecule has 1 amide bonds. The van der Waals surface area contributed by atoms with E-state index in [0.717, 1.165) is 12.8 Å². The Labute approximate surface area is 129 Å². The van der Waals surface area contributed by atoms with E-state index in [4.69, 9.17) is 9.15 Å². The fraction of sp³-hybridized carbons (Fsp3) is 0.438. The van der Waals surface area contributed by atoms with Gasteiger partial charge in [-0.05, 0) is 31.0 Å². The second kappa shape index (κ2) is 6.17. The van der Waals surface area contributed by atoms with Crippen molar-refractivity contribution in [2.24, 2.45) is 0 Å². The number of aromatic nitrogens is 2. The predicted molar refractivity (Wildman–Crippen MR) is 79.9 cm³/mol. The molecule has 2 aromatic rings. The topological polar surface area (TPSA) is 68.5 Å². The van der Waals surface area contributed by atoms with Crippen LogP contribution in [0, 0.1) is 6.92 Å². The van der Waals surface area contributed by atoms with E-state index < -0.39 is 0 Å². The second-order valence-corrected chi connectivity index (χ2v) is 5.46. The number of amides is 1. The minimum atomic E-state index is 0.0408. The molecule has 0 unspecified atom stereocenters. The number of piperidine rings is 1. The molecule has 2 heterocycles. The first-order chi connectivity index (χ1) is 10.7. The van der Waals surface area contributed by atoms with Crippen LogP contribution in [0.25, 0.3) is 0 Å². The Balaban J connectivity index is 1.64. The van der Waals surface area contributed by atoms with Crippen LogP contribution in [0.15, 0.2) is 28.7 Å². The number of aryl methyl sites for hydroxylation is 1.